The molecule has 1 aliphatic rings. The number of amides is 2. The van der Waals surface area contributed by atoms with Gasteiger partial charge in [0.15, 0.2) is 0 Å². The van der Waals surface area contributed by atoms with Crippen molar-refractivity contribution in [2.24, 2.45) is 0 Å². The summed E-state index contributed by atoms with van der Waals surface area (Å²) < 4.78 is 4.99. The molecule has 1 saturated heterocycles. The van der Waals surface area contributed by atoms with Gasteiger partial charge in [0.25, 0.3) is 0 Å². The van der Waals surface area contributed by atoms with Crippen molar-refractivity contribution in [3.63, 3.8) is 0 Å². The maximum atomic E-state index is 12.3. The summed E-state index contributed by atoms with van der Waals surface area (Å²) in [6.45, 7) is 8.80. The molecule has 1 aromatic rings. The van der Waals surface area contributed by atoms with Gasteiger partial charge in [0.1, 0.15) is 0 Å². The van der Waals surface area contributed by atoms with Crippen LogP contribution in [-0.4, -0.2) is 54.6 Å². The van der Waals surface area contributed by atoms with Gasteiger partial charge in [-0.15, -0.1) is 0 Å². The Labute approximate surface area is 144 Å². The van der Waals surface area contributed by atoms with Crippen LogP contribution in [0, 0.1) is 0 Å². The zero-order valence-electron chi connectivity index (χ0n) is 15.0. The smallest absolute Gasteiger partial charge is 0.409 e. The van der Waals surface area contributed by atoms with Crippen LogP contribution in [0.5, 0.6) is 0 Å². The number of carbonyl (C=O) groups is 2. The predicted octanol–water partition coefficient (Wildman–Crippen LogP) is 3.04. The maximum Gasteiger partial charge on any atom is 0.409 e. The van der Waals surface area contributed by atoms with Crippen LogP contribution in [0.4, 0.5) is 4.79 Å². The van der Waals surface area contributed by atoms with Crippen molar-refractivity contribution >= 4 is 12.0 Å². The Kier molecular flexibility index (Phi) is 6.64. The Hall–Kier alpha value is -2.04. The minimum atomic E-state index is -0.283. The van der Waals surface area contributed by atoms with Crippen LogP contribution < -0.4 is 0 Å². The largest absolute Gasteiger partial charge is 0.450 e. The molecular formula is C19H28N2O3. The van der Waals surface area contributed by atoms with Gasteiger partial charge in [0, 0.05) is 32.6 Å². The molecule has 0 radical (unpaired) electrons. The molecule has 132 valence electrons. The number of ether oxygens (including phenoxy) is 1. The lowest BCUT2D eigenvalue weighted by molar-refractivity contribution is -0.132. The van der Waals surface area contributed by atoms with Crippen LogP contribution in [0.3, 0.4) is 0 Å². The highest BCUT2D eigenvalue weighted by Gasteiger charge is 2.24. The number of rotatable bonds is 5. The summed E-state index contributed by atoms with van der Waals surface area (Å²) in [5.41, 5.74) is 2.51. The second-order valence-corrected chi connectivity index (χ2v) is 6.46. The number of piperazine rings is 1. The van der Waals surface area contributed by atoms with E-state index in [1.807, 2.05) is 4.90 Å². The summed E-state index contributed by atoms with van der Waals surface area (Å²) in [6, 6.07) is 8.51. The van der Waals surface area contributed by atoms with E-state index >= 15 is 0 Å². The lowest BCUT2D eigenvalue weighted by atomic mass is 10.00. The van der Waals surface area contributed by atoms with Crippen molar-refractivity contribution in [2.75, 3.05) is 32.8 Å². The van der Waals surface area contributed by atoms with Crippen molar-refractivity contribution in [1.82, 2.24) is 9.80 Å². The SMILES string of the molecule is CCOC(=O)N1CCN(C(=O)CCc2ccc(C(C)C)cc2)CC1. The zero-order chi connectivity index (χ0) is 17.5. The van der Waals surface area contributed by atoms with Gasteiger partial charge >= 0.3 is 6.09 Å². The molecule has 5 nitrogen and oxygen atoms in total. The second-order valence-electron chi connectivity index (χ2n) is 6.46. The van der Waals surface area contributed by atoms with E-state index in [0.717, 1.165) is 6.42 Å². The van der Waals surface area contributed by atoms with E-state index < -0.39 is 0 Å². The highest BCUT2D eigenvalue weighted by atomic mass is 16.6. The van der Waals surface area contributed by atoms with Crippen LogP contribution in [0.15, 0.2) is 24.3 Å². The van der Waals surface area contributed by atoms with Crippen molar-refractivity contribution in [3.8, 4) is 0 Å². The van der Waals surface area contributed by atoms with E-state index in [4.69, 9.17) is 4.74 Å². The first kappa shape index (κ1) is 18.3. The lowest BCUT2D eigenvalue weighted by Gasteiger charge is -2.34. The molecule has 0 aromatic heterocycles. The first-order valence-electron chi connectivity index (χ1n) is 8.79. The molecule has 5 heteroatoms. The molecule has 0 aliphatic carbocycles. The zero-order valence-corrected chi connectivity index (χ0v) is 15.0. The Morgan fingerprint density at radius 3 is 2.17 bits per heavy atom. The van der Waals surface area contributed by atoms with Crippen LogP contribution >= 0.6 is 0 Å². The fourth-order valence-corrected chi connectivity index (χ4v) is 2.83. The molecule has 2 amide bonds. The van der Waals surface area contributed by atoms with Gasteiger partial charge in [-0.2, -0.15) is 0 Å². The molecule has 0 spiro atoms. The molecular weight excluding hydrogens is 304 g/mol. The van der Waals surface area contributed by atoms with Gasteiger partial charge in [-0.25, -0.2) is 4.79 Å². The van der Waals surface area contributed by atoms with E-state index in [1.54, 1.807) is 11.8 Å². The van der Waals surface area contributed by atoms with Gasteiger partial charge in [0.2, 0.25) is 5.91 Å². The topological polar surface area (TPSA) is 49.9 Å². The number of hydrogen-bond acceptors (Lipinski definition) is 3. The number of benzene rings is 1. The Morgan fingerprint density at radius 2 is 1.62 bits per heavy atom. The maximum absolute atomic E-state index is 12.3. The molecule has 0 N–H and O–H groups in total. The average Bonchev–Trinajstić information content (AvgIpc) is 2.60. The number of aryl methyl sites for hydroxylation is 1. The normalized spacial score (nSPS) is 14.8. The monoisotopic (exact) mass is 332 g/mol. The predicted molar refractivity (Wildman–Crippen MR) is 94.0 cm³/mol. The first-order chi connectivity index (χ1) is 11.5. The second kappa shape index (κ2) is 8.71. The Morgan fingerprint density at radius 1 is 1.04 bits per heavy atom. The van der Waals surface area contributed by atoms with Gasteiger partial charge in [-0.1, -0.05) is 38.1 Å². The third-order valence-electron chi connectivity index (χ3n) is 4.43. The van der Waals surface area contributed by atoms with Crippen LogP contribution in [0.2, 0.25) is 0 Å². The number of nitrogens with zero attached hydrogens (tertiary/aromatic N) is 2. The molecule has 0 bridgehead atoms. The van der Waals surface area contributed by atoms with Gasteiger partial charge in [0.05, 0.1) is 6.61 Å². The van der Waals surface area contributed by atoms with Crippen molar-refractivity contribution in [2.45, 2.75) is 39.5 Å². The molecule has 1 heterocycles. The summed E-state index contributed by atoms with van der Waals surface area (Å²) in [4.78, 5) is 27.5. The molecule has 1 aliphatic heterocycles. The third kappa shape index (κ3) is 4.98. The van der Waals surface area contributed by atoms with E-state index in [2.05, 4.69) is 38.1 Å². The molecule has 1 fully saturated rings. The van der Waals surface area contributed by atoms with Crippen LogP contribution in [0.1, 0.15) is 44.2 Å². The Bertz CT molecular complexity index is 546. The minimum Gasteiger partial charge on any atom is -0.450 e. The van der Waals surface area contributed by atoms with Gasteiger partial charge in [-0.3, -0.25) is 4.79 Å². The first-order valence-corrected chi connectivity index (χ1v) is 8.79. The minimum absolute atomic E-state index is 0.159. The third-order valence-corrected chi connectivity index (χ3v) is 4.43. The van der Waals surface area contributed by atoms with E-state index in [9.17, 15) is 9.59 Å². The standard InChI is InChI=1S/C19H28N2O3/c1-4-24-19(23)21-13-11-20(12-14-21)18(22)10-7-16-5-8-17(9-6-16)15(2)3/h5-6,8-9,15H,4,7,10-14H2,1-3H3. The Balaban J connectivity index is 1.76. The van der Waals surface area contributed by atoms with Crippen molar-refractivity contribution < 1.29 is 14.3 Å². The average molecular weight is 332 g/mol. The fraction of sp³-hybridized carbons (Fsp3) is 0.579. The van der Waals surface area contributed by atoms with E-state index in [1.165, 1.54) is 11.1 Å². The fourth-order valence-electron chi connectivity index (χ4n) is 2.83. The van der Waals surface area contributed by atoms with E-state index in [-0.39, 0.29) is 12.0 Å². The molecule has 0 unspecified atom stereocenters. The quantitative estimate of drug-likeness (QED) is 0.833. The molecule has 24 heavy (non-hydrogen) atoms. The van der Waals surface area contributed by atoms with Crippen LogP contribution in [-0.2, 0) is 16.0 Å². The molecule has 0 saturated carbocycles. The molecule has 0 atom stereocenters. The highest BCUT2D eigenvalue weighted by molar-refractivity contribution is 5.77. The van der Waals surface area contributed by atoms with Crippen LogP contribution in [0.25, 0.3) is 0 Å². The highest BCUT2D eigenvalue weighted by Crippen LogP contribution is 2.16. The molecule has 2 rings (SSSR count). The van der Waals surface area contributed by atoms with Crippen molar-refractivity contribution in [3.05, 3.63) is 35.4 Å². The van der Waals surface area contributed by atoms with E-state index in [0.29, 0.717) is 45.1 Å². The summed E-state index contributed by atoms with van der Waals surface area (Å²) >= 11 is 0. The summed E-state index contributed by atoms with van der Waals surface area (Å²) in [7, 11) is 0. The number of hydrogen-bond donors (Lipinski definition) is 0. The lowest BCUT2D eigenvalue weighted by Crippen LogP contribution is -2.50. The molecule has 1 aromatic carbocycles. The van der Waals surface area contributed by atoms with Gasteiger partial charge < -0.3 is 14.5 Å². The number of carbonyl (C=O) groups excluding carboxylic acids is 2. The summed E-state index contributed by atoms with van der Waals surface area (Å²) in [5, 5.41) is 0. The summed E-state index contributed by atoms with van der Waals surface area (Å²) in [6.07, 6.45) is 0.991. The summed E-state index contributed by atoms with van der Waals surface area (Å²) in [5.74, 6) is 0.683. The van der Waals surface area contributed by atoms with Gasteiger partial charge in [-0.05, 0) is 30.4 Å². The van der Waals surface area contributed by atoms with Crippen molar-refractivity contribution in [1.29, 1.82) is 0 Å².